The zero-order chi connectivity index (χ0) is 30.0. The van der Waals surface area contributed by atoms with E-state index in [1.807, 2.05) is 37.3 Å². The zero-order valence-electron chi connectivity index (χ0n) is 23.2. The third-order valence-electron chi connectivity index (χ3n) is 6.72. The number of thioether (sulfide) groups is 1. The number of rotatable bonds is 15. The van der Waals surface area contributed by atoms with Gasteiger partial charge in [0.1, 0.15) is 0 Å². The van der Waals surface area contributed by atoms with Crippen molar-refractivity contribution in [2.75, 3.05) is 24.7 Å². The maximum absolute atomic E-state index is 12.7. The third-order valence-corrected chi connectivity index (χ3v) is 7.71. The average molecular weight is 586 g/mol. The van der Waals surface area contributed by atoms with Crippen molar-refractivity contribution in [3.8, 4) is 11.1 Å². The molecule has 0 bridgehead atoms. The fourth-order valence-corrected chi connectivity index (χ4v) is 5.21. The molecule has 6 N–H and O–H groups in total. The van der Waals surface area contributed by atoms with E-state index in [4.69, 9.17) is 17.0 Å². The molecule has 1 unspecified atom stereocenters. The Morgan fingerprint density at radius 1 is 1.15 bits per heavy atom. The summed E-state index contributed by atoms with van der Waals surface area (Å²) in [6.45, 7) is 3.22. The number of ether oxygens (including phenoxy) is 2. The van der Waals surface area contributed by atoms with Crippen molar-refractivity contribution in [3.63, 3.8) is 0 Å². The Morgan fingerprint density at radius 2 is 1.80 bits per heavy atom. The summed E-state index contributed by atoms with van der Waals surface area (Å²) in [4.78, 5) is 25.0. The standard InChI is InChI=1S/C29H38BN2O8S/c1-3-41-15-7-14-39-29(28(37)38)16-22(33)24(32-18(2)30)26(40-29)25(35)23(34)17-31-27(36)21-12-10-20(11-13-21)19-8-5-4-6-9-19/h4-6,8-13,22-26,32-35H,3,7,14-17H2,1-2H3,(H,31,36)(H,37,38)/t22-,23?,24+,25+,26+,29+/m0/s1. The average Bonchev–Trinajstić information content (AvgIpc) is 2.96. The summed E-state index contributed by atoms with van der Waals surface area (Å²) in [7, 11) is 5.78. The van der Waals surface area contributed by atoms with Crippen LogP contribution in [-0.2, 0) is 14.3 Å². The van der Waals surface area contributed by atoms with Gasteiger partial charge in [-0.25, -0.2) is 0 Å². The minimum atomic E-state index is -2.24. The molecular weight excluding hydrogens is 547 g/mol. The van der Waals surface area contributed by atoms with Gasteiger partial charge in [-0.15, -0.1) is 0 Å². The first kappa shape index (κ1) is 32.8. The summed E-state index contributed by atoms with van der Waals surface area (Å²) in [5.41, 5.74) is 2.48. The zero-order valence-corrected chi connectivity index (χ0v) is 24.0. The molecule has 1 heterocycles. The molecule has 221 valence electrons. The van der Waals surface area contributed by atoms with Gasteiger partial charge in [0.2, 0.25) is 0 Å². The van der Waals surface area contributed by atoms with Gasteiger partial charge in [0, 0.05) is 0 Å². The number of carbonyl (C=O) groups is 2. The van der Waals surface area contributed by atoms with E-state index in [9.17, 15) is 30.0 Å². The van der Waals surface area contributed by atoms with Gasteiger partial charge >= 0.3 is 197 Å². The topological polar surface area (TPSA) is 158 Å². The van der Waals surface area contributed by atoms with Gasteiger partial charge in [-0.3, -0.25) is 0 Å². The maximum atomic E-state index is 12.7. The van der Waals surface area contributed by atoms with Crippen LogP contribution in [0.2, 0.25) is 0 Å². The van der Waals surface area contributed by atoms with Gasteiger partial charge in [0.25, 0.3) is 0 Å². The molecule has 2 aromatic carbocycles. The van der Waals surface area contributed by atoms with Crippen molar-refractivity contribution in [2.24, 2.45) is 0 Å². The van der Waals surface area contributed by atoms with Crippen LogP contribution in [0.25, 0.3) is 11.1 Å². The molecule has 41 heavy (non-hydrogen) atoms. The second-order valence-corrected chi connectivity index (χ2v) is 11.3. The van der Waals surface area contributed by atoms with Crippen LogP contribution in [0.3, 0.4) is 0 Å². The number of aliphatic hydroxyl groups excluding tert-OH is 3. The summed E-state index contributed by atoms with van der Waals surface area (Å²) < 4.78 is 11.4. The van der Waals surface area contributed by atoms with Crippen LogP contribution in [0.1, 0.15) is 37.0 Å². The molecule has 1 aliphatic rings. The van der Waals surface area contributed by atoms with E-state index in [2.05, 4.69) is 10.6 Å². The van der Waals surface area contributed by atoms with Crippen LogP contribution in [-0.4, -0.2) is 106 Å². The number of nitrogens with one attached hydrogen (secondary N) is 2. The molecule has 6 atom stereocenters. The fourth-order valence-electron chi connectivity index (χ4n) is 4.60. The van der Waals surface area contributed by atoms with Crippen LogP contribution in [0.4, 0.5) is 0 Å². The first-order chi connectivity index (χ1) is 19.6. The van der Waals surface area contributed by atoms with E-state index >= 15 is 0 Å². The van der Waals surface area contributed by atoms with E-state index in [0.717, 1.165) is 22.6 Å². The van der Waals surface area contributed by atoms with Crippen molar-refractivity contribution in [1.29, 1.82) is 0 Å². The second kappa shape index (κ2) is 15.5. The van der Waals surface area contributed by atoms with E-state index in [-0.39, 0.29) is 18.7 Å². The number of carboxylic acid groups (broad SMARTS) is 1. The molecule has 0 aliphatic carbocycles. The third kappa shape index (κ3) is 8.87. The van der Waals surface area contributed by atoms with Crippen LogP contribution >= 0.6 is 11.8 Å². The predicted molar refractivity (Wildman–Crippen MR) is 159 cm³/mol. The second-order valence-electron chi connectivity index (χ2n) is 9.88. The van der Waals surface area contributed by atoms with E-state index in [0.29, 0.717) is 12.0 Å². The van der Waals surface area contributed by atoms with Gasteiger partial charge < -0.3 is 0 Å². The molecule has 1 aliphatic heterocycles. The van der Waals surface area contributed by atoms with Gasteiger partial charge in [-0.2, -0.15) is 0 Å². The summed E-state index contributed by atoms with van der Waals surface area (Å²) >= 11 is 1.67. The van der Waals surface area contributed by atoms with Crippen LogP contribution in [0, 0.1) is 0 Å². The Kier molecular flexibility index (Phi) is 12.4. The molecule has 0 aromatic heterocycles. The Labute approximate surface area is 245 Å². The number of carbonyl (C=O) groups excluding carboxylic acids is 1. The Bertz CT molecular complexity index is 1160. The first-order valence-electron chi connectivity index (χ1n) is 13.5. The summed E-state index contributed by atoms with van der Waals surface area (Å²) in [5, 5.41) is 48.1. The summed E-state index contributed by atoms with van der Waals surface area (Å²) in [6, 6.07) is 15.5. The van der Waals surface area contributed by atoms with Crippen molar-refractivity contribution in [3.05, 3.63) is 60.2 Å². The van der Waals surface area contributed by atoms with Crippen molar-refractivity contribution in [1.82, 2.24) is 10.6 Å². The number of aliphatic carboxylic acids is 1. The quantitative estimate of drug-likeness (QED) is 0.132. The summed E-state index contributed by atoms with van der Waals surface area (Å²) in [5.74, 6) is -2.53. The molecule has 1 saturated heterocycles. The Hall–Kier alpha value is -2.74. The number of aliphatic hydroxyl groups is 3. The monoisotopic (exact) mass is 585 g/mol. The molecule has 2 aromatic rings. The molecule has 3 rings (SSSR count). The van der Waals surface area contributed by atoms with Gasteiger partial charge in [-0.1, -0.05) is 37.3 Å². The van der Waals surface area contributed by atoms with E-state index in [1.54, 1.807) is 36.0 Å². The number of benzene rings is 2. The first-order valence-corrected chi connectivity index (χ1v) is 14.7. The van der Waals surface area contributed by atoms with Gasteiger partial charge in [0.05, 0.1) is 0 Å². The van der Waals surface area contributed by atoms with Crippen LogP contribution in [0.15, 0.2) is 54.6 Å². The van der Waals surface area contributed by atoms with E-state index < -0.39 is 54.5 Å². The number of hydrogen-bond donors (Lipinski definition) is 6. The SMILES string of the molecule is [B]=C(C)N[C@H]1[C@H]([C@H](O)C(O)CNC(=O)c2ccc(-c3ccccc3)cc2)O[C@@](OCCCSCC)(C(=O)O)C[C@@H]1O. The van der Waals surface area contributed by atoms with Crippen LogP contribution in [0.5, 0.6) is 0 Å². The molecule has 10 nitrogen and oxygen atoms in total. The summed E-state index contributed by atoms with van der Waals surface area (Å²) in [6.07, 6.45) is -5.97. The number of amides is 1. The number of carboxylic acids is 1. The molecule has 1 fully saturated rings. The Morgan fingerprint density at radius 3 is 2.41 bits per heavy atom. The van der Waals surface area contributed by atoms with E-state index in [1.165, 1.54) is 6.92 Å². The Balaban J connectivity index is 1.69. The van der Waals surface area contributed by atoms with Gasteiger partial charge in [-0.05, 0) is 11.1 Å². The van der Waals surface area contributed by atoms with Crippen molar-refractivity contribution < 1.29 is 39.5 Å². The fraction of sp³-hybridized carbons (Fsp3) is 0.483. The molecule has 1 radical (unpaired) electrons. The molecule has 0 saturated carbocycles. The van der Waals surface area contributed by atoms with Crippen molar-refractivity contribution >= 4 is 36.7 Å². The number of hydrogen-bond acceptors (Lipinski definition) is 9. The normalized spacial score (nSPS) is 23.8. The predicted octanol–water partition coefficient (Wildman–Crippen LogP) is 1.17. The molecule has 1 amide bonds. The van der Waals surface area contributed by atoms with Gasteiger partial charge in [0.15, 0.2) is 0 Å². The van der Waals surface area contributed by atoms with Crippen LogP contribution < -0.4 is 10.6 Å². The molecule has 0 spiro atoms. The molecule has 12 heteroatoms. The minimum absolute atomic E-state index is 0.0522. The van der Waals surface area contributed by atoms with Crippen molar-refractivity contribution in [2.45, 2.75) is 62.9 Å². The molecular formula is C29H38BN2O8S.